The summed E-state index contributed by atoms with van der Waals surface area (Å²) in [5.74, 6) is -2.15. The van der Waals surface area contributed by atoms with Crippen LogP contribution in [0.5, 0.6) is 0 Å². The molecular formula is C27H22ClN3O5. The molecule has 3 amide bonds. The van der Waals surface area contributed by atoms with Crippen molar-refractivity contribution in [3.63, 3.8) is 0 Å². The van der Waals surface area contributed by atoms with Crippen LogP contribution in [0.1, 0.15) is 33.2 Å². The van der Waals surface area contributed by atoms with Gasteiger partial charge in [0.2, 0.25) is 0 Å². The molecule has 3 aromatic carbocycles. The van der Waals surface area contributed by atoms with Crippen molar-refractivity contribution in [2.75, 3.05) is 22.1 Å². The van der Waals surface area contributed by atoms with Crippen molar-refractivity contribution in [2.24, 2.45) is 0 Å². The molecule has 1 heterocycles. The van der Waals surface area contributed by atoms with E-state index < -0.39 is 23.7 Å². The summed E-state index contributed by atoms with van der Waals surface area (Å²) >= 11 is 6.21. The number of hydrogen-bond acceptors (Lipinski definition) is 6. The summed E-state index contributed by atoms with van der Waals surface area (Å²) in [7, 11) is 0. The van der Waals surface area contributed by atoms with Crippen LogP contribution < -0.4 is 15.5 Å². The van der Waals surface area contributed by atoms with Crippen LogP contribution in [0, 0.1) is 6.92 Å². The third-order valence-corrected chi connectivity index (χ3v) is 5.70. The average molecular weight is 504 g/mol. The molecule has 182 valence electrons. The first-order valence-electron chi connectivity index (χ1n) is 11.1. The minimum atomic E-state index is -0.636. The number of ether oxygens (including phenoxy) is 1. The van der Waals surface area contributed by atoms with Crippen molar-refractivity contribution in [3.8, 4) is 0 Å². The molecule has 9 heteroatoms. The fourth-order valence-corrected chi connectivity index (χ4v) is 3.78. The Bertz CT molecular complexity index is 1400. The Balaban J connectivity index is 1.50. The number of amides is 3. The zero-order valence-corrected chi connectivity index (χ0v) is 20.3. The van der Waals surface area contributed by atoms with Crippen LogP contribution in [0.4, 0.5) is 17.1 Å². The van der Waals surface area contributed by atoms with Gasteiger partial charge in [-0.3, -0.25) is 14.4 Å². The first-order chi connectivity index (χ1) is 17.3. The van der Waals surface area contributed by atoms with Gasteiger partial charge in [-0.1, -0.05) is 41.4 Å². The van der Waals surface area contributed by atoms with E-state index in [1.54, 1.807) is 67.6 Å². The normalized spacial score (nSPS) is 13.1. The molecule has 36 heavy (non-hydrogen) atoms. The first-order valence-corrected chi connectivity index (χ1v) is 11.5. The molecular weight excluding hydrogens is 482 g/mol. The number of carbonyl (C=O) groups is 4. The molecule has 2 N–H and O–H groups in total. The number of aryl methyl sites for hydroxylation is 1. The number of hydrogen-bond donors (Lipinski definition) is 2. The topological polar surface area (TPSA) is 105 Å². The predicted molar refractivity (Wildman–Crippen MR) is 137 cm³/mol. The van der Waals surface area contributed by atoms with Crippen LogP contribution in [0.15, 0.2) is 83.5 Å². The molecule has 1 aliphatic rings. The summed E-state index contributed by atoms with van der Waals surface area (Å²) in [5.41, 5.74) is 2.71. The largest absolute Gasteiger partial charge is 0.462 e. The zero-order valence-electron chi connectivity index (χ0n) is 19.5. The van der Waals surface area contributed by atoms with E-state index >= 15 is 0 Å². The van der Waals surface area contributed by atoms with Gasteiger partial charge < -0.3 is 15.4 Å². The summed E-state index contributed by atoms with van der Waals surface area (Å²) in [6.07, 6.45) is 0. The second-order valence-electron chi connectivity index (χ2n) is 7.93. The van der Waals surface area contributed by atoms with Crippen molar-refractivity contribution >= 4 is 52.4 Å². The monoisotopic (exact) mass is 503 g/mol. The van der Waals surface area contributed by atoms with Gasteiger partial charge in [0.25, 0.3) is 17.7 Å². The predicted octanol–water partition coefficient (Wildman–Crippen LogP) is 4.86. The number of imide groups is 1. The van der Waals surface area contributed by atoms with Crippen molar-refractivity contribution in [3.05, 3.63) is 100 Å². The van der Waals surface area contributed by atoms with Crippen LogP contribution in [-0.4, -0.2) is 30.3 Å². The summed E-state index contributed by atoms with van der Waals surface area (Å²) in [6.45, 7) is 3.85. The van der Waals surface area contributed by atoms with Gasteiger partial charge in [0.05, 0.1) is 17.9 Å². The van der Waals surface area contributed by atoms with Gasteiger partial charge in [-0.15, -0.1) is 0 Å². The number of rotatable bonds is 7. The highest BCUT2D eigenvalue weighted by molar-refractivity contribution is 6.53. The van der Waals surface area contributed by atoms with E-state index in [4.69, 9.17) is 16.3 Å². The number of esters is 1. The van der Waals surface area contributed by atoms with E-state index in [2.05, 4.69) is 10.6 Å². The average Bonchev–Trinajstić information content (AvgIpc) is 3.08. The number of anilines is 3. The highest BCUT2D eigenvalue weighted by atomic mass is 35.5. The molecule has 0 aromatic heterocycles. The van der Waals surface area contributed by atoms with Crippen LogP contribution in [0.2, 0.25) is 0 Å². The smallest absolute Gasteiger partial charge is 0.338 e. The number of nitrogens with one attached hydrogen (secondary N) is 2. The molecule has 0 radical (unpaired) electrons. The summed E-state index contributed by atoms with van der Waals surface area (Å²) in [4.78, 5) is 51.5. The molecule has 0 aliphatic carbocycles. The lowest BCUT2D eigenvalue weighted by atomic mass is 10.1. The maximum atomic E-state index is 13.0. The Labute approximate surface area is 212 Å². The number of carbonyl (C=O) groups excluding carboxylic acids is 4. The minimum absolute atomic E-state index is 0.0815. The number of halogens is 1. The van der Waals surface area contributed by atoms with E-state index in [9.17, 15) is 19.2 Å². The molecule has 4 rings (SSSR count). The van der Waals surface area contributed by atoms with Crippen molar-refractivity contribution in [1.29, 1.82) is 0 Å². The number of nitrogens with zero attached hydrogens (tertiary/aromatic N) is 1. The van der Waals surface area contributed by atoms with Gasteiger partial charge in [-0.2, -0.15) is 0 Å². The third-order valence-electron chi connectivity index (χ3n) is 5.35. The molecule has 0 bridgehead atoms. The molecule has 3 aromatic rings. The second kappa shape index (κ2) is 10.5. The van der Waals surface area contributed by atoms with Gasteiger partial charge in [0.1, 0.15) is 10.7 Å². The SMILES string of the molecule is CCOC(=O)c1cccc(NC(=O)c2cccc(NC3=C(Cl)C(=O)N(c4ccc(C)cc4)C3=O)c2)c1. The standard InChI is InChI=1S/C27H22ClN3O5/c1-3-36-27(35)18-7-5-9-20(15-18)30-24(32)17-6-4-8-19(14-17)29-23-22(28)25(33)31(26(23)34)21-12-10-16(2)11-13-21/h4-15,29H,3H2,1-2H3,(H,30,32). The fraction of sp³-hybridized carbons (Fsp3) is 0.111. The molecule has 8 nitrogen and oxygen atoms in total. The van der Waals surface area contributed by atoms with Crippen LogP contribution in [0.3, 0.4) is 0 Å². The minimum Gasteiger partial charge on any atom is -0.462 e. The van der Waals surface area contributed by atoms with Crippen molar-refractivity contribution in [2.45, 2.75) is 13.8 Å². The molecule has 0 atom stereocenters. The lowest BCUT2D eigenvalue weighted by Gasteiger charge is -2.15. The highest BCUT2D eigenvalue weighted by Gasteiger charge is 2.38. The van der Waals surface area contributed by atoms with Crippen molar-refractivity contribution < 1.29 is 23.9 Å². The Kier molecular flexibility index (Phi) is 7.17. The summed E-state index contributed by atoms with van der Waals surface area (Å²) in [6, 6.07) is 19.7. The molecule has 0 saturated carbocycles. The zero-order chi connectivity index (χ0) is 25.8. The van der Waals surface area contributed by atoms with Gasteiger partial charge in [-0.05, 0) is 62.4 Å². The Morgan fingerprint density at radius 3 is 2.22 bits per heavy atom. The van der Waals surface area contributed by atoms with E-state index in [0.29, 0.717) is 22.6 Å². The Morgan fingerprint density at radius 1 is 0.889 bits per heavy atom. The Hall–Kier alpha value is -4.43. The number of benzene rings is 3. The summed E-state index contributed by atoms with van der Waals surface area (Å²) in [5, 5.41) is 5.36. The maximum Gasteiger partial charge on any atom is 0.338 e. The first kappa shape index (κ1) is 24.7. The van der Waals surface area contributed by atoms with Crippen molar-refractivity contribution in [1.82, 2.24) is 0 Å². The van der Waals surface area contributed by atoms with E-state index in [0.717, 1.165) is 10.5 Å². The van der Waals surface area contributed by atoms with E-state index in [1.165, 1.54) is 12.1 Å². The van der Waals surface area contributed by atoms with Crippen LogP contribution >= 0.6 is 11.6 Å². The maximum absolute atomic E-state index is 13.0. The van der Waals surface area contributed by atoms with Crippen LogP contribution in [0.25, 0.3) is 0 Å². The van der Waals surface area contributed by atoms with E-state index in [-0.39, 0.29) is 22.9 Å². The van der Waals surface area contributed by atoms with Gasteiger partial charge in [0.15, 0.2) is 0 Å². The molecule has 0 saturated heterocycles. The third kappa shape index (κ3) is 5.13. The molecule has 0 spiro atoms. The summed E-state index contributed by atoms with van der Waals surface area (Å²) < 4.78 is 4.99. The lowest BCUT2D eigenvalue weighted by Crippen LogP contribution is -2.32. The van der Waals surface area contributed by atoms with E-state index in [1.807, 2.05) is 6.92 Å². The fourth-order valence-electron chi connectivity index (χ4n) is 3.56. The second-order valence-corrected chi connectivity index (χ2v) is 8.31. The Morgan fingerprint density at radius 2 is 1.53 bits per heavy atom. The molecule has 1 aliphatic heterocycles. The van der Waals surface area contributed by atoms with Gasteiger partial charge >= 0.3 is 5.97 Å². The molecule has 0 unspecified atom stereocenters. The highest BCUT2D eigenvalue weighted by Crippen LogP contribution is 2.30. The van der Waals surface area contributed by atoms with Crippen LogP contribution in [-0.2, 0) is 14.3 Å². The molecule has 0 fully saturated rings. The van der Waals surface area contributed by atoms with Gasteiger partial charge in [-0.25, -0.2) is 9.69 Å². The quantitative estimate of drug-likeness (QED) is 0.352. The van der Waals surface area contributed by atoms with Gasteiger partial charge in [0, 0.05) is 16.9 Å². The lowest BCUT2D eigenvalue weighted by molar-refractivity contribution is -0.120.